The van der Waals surface area contributed by atoms with Crippen LogP contribution < -0.4 is 0 Å². The molecule has 0 radical (unpaired) electrons. The Bertz CT molecular complexity index is 1030. The van der Waals surface area contributed by atoms with E-state index in [-0.39, 0.29) is 17.0 Å². The number of para-hydroxylation sites is 1. The number of benzene rings is 2. The number of hydrogen-bond acceptors (Lipinski definition) is 5. The summed E-state index contributed by atoms with van der Waals surface area (Å²) in [4.78, 5) is 25.1. The molecule has 0 aliphatic carbocycles. The highest BCUT2D eigenvalue weighted by Gasteiger charge is 2.32. The van der Waals surface area contributed by atoms with Crippen LogP contribution in [-0.2, 0) is 15.9 Å². The molecule has 0 spiro atoms. The highest BCUT2D eigenvalue weighted by Crippen LogP contribution is 2.32. The van der Waals surface area contributed by atoms with E-state index in [2.05, 4.69) is 5.10 Å². The molecule has 1 aromatic heterocycles. The van der Waals surface area contributed by atoms with E-state index >= 15 is 0 Å². The summed E-state index contributed by atoms with van der Waals surface area (Å²) >= 11 is 0. The number of aromatic nitrogens is 2. The fourth-order valence-corrected chi connectivity index (χ4v) is 3.04. The van der Waals surface area contributed by atoms with Gasteiger partial charge in [0.25, 0.3) is 0 Å². The lowest BCUT2D eigenvalue weighted by atomic mass is 9.98. The van der Waals surface area contributed by atoms with Crippen molar-refractivity contribution in [3.8, 4) is 16.9 Å². The number of ether oxygens (including phenoxy) is 2. The van der Waals surface area contributed by atoms with Crippen molar-refractivity contribution in [1.82, 2.24) is 9.78 Å². The van der Waals surface area contributed by atoms with Crippen LogP contribution in [0.4, 0.5) is 8.78 Å². The average molecular weight is 400 g/mol. The number of nitrogens with zero attached hydrogens (tertiary/aromatic N) is 2. The van der Waals surface area contributed by atoms with Crippen molar-refractivity contribution in [2.45, 2.75) is 12.8 Å². The quantitative estimate of drug-likeness (QED) is 0.587. The zero-order chi connectivity index (χ0) is 21.0. The van der Waals surface area contributed by atoms with E-state index in [1.54, 1.807) is 48.5 Å². The maximum absolute atomic E-state index is 13.1. The van der Waals surface area contributed by atoms with Crippen molar-refractivity contribution in [2.75, 3.05) is 14.2 Å². The molecule has 0 N–H and O–H groups in total. The molecule has 3 rings (SSSR count). The van der Waals surface area contributed by atoms with E-state index in [4.69, 9.17) is 9.47 Å². The molecule has 0 amide bonds. The first-order chi connectivity index (χ1) is 14.0. The van der Waals surface area contributed by atoms with Crippen LogP contribution in [0.2, 0.25) is 0 Å². The average Bonchev–Trinajstić information content (AvgIpc) is 3.13. The molecule has 0 saturated carbocycles. The second-order valence-corrected chi connectivity index (χ2v) is 6.06. The maximum atomic E-state index is 13.1. The Morgan fingerprint density at radius 3 is 2.21 bits per heavy atom. The van der Waals surface area contributed by atoms with Crippen molar-refractivity contribution in [2.24, 2.45) is 0 Å². The van der Waals surface area contributed by atoms with Gasteiger partial charge in [-0.25, -0.2) is 23.1 Å². The first kappa shape index (κ1) is 20.2. The van der Waals surface area contributed by atoms with E-state index in [1.165, 1.54) is 17.9 Å². The van der Waals surface area contributed by atoms with Crippen molar-refractivity contribution in [3.05, 3.63) is 71.4 Å². The molecule has 0 fully saturated rings. The molecule has 0 atom stereocenters. The van der Waals surface area contributed by atoms with Gasteiger partial charge in [0.2, 0.25) is 6.43 Å². The lowest BCUT2D eigenvalue weighted by Gasteiger charge is -2.08. The Kier molecular flexibility index (Phi) is 6.01. The van der Waals surface area contributed by atoms with Crippen LogP contribution in [0, 0.1) is 0 Å². The summed E-state index contributed by atoms with van der Waals surface area (Å²) in [5.74, 6) is -1.63. The van der Waals surface area contributed by atoms with Gasteiger partial charge in [0.1, 0.15) is 11.3 Å². The standard InChI is InChI=1S/C21H18F2N2O4/c1-28-20(26)17-18(15-11-7-6-8-13(15)12-16(22)23)24-25(19(17)21(27)29-2)14-9-4-3-5-10-14/h3-11,16H,12H2,1-2H3. The van der Waals surface area contributed by atoms with Crippen LogP contribution in [0.15, 0.2) is 54.6 Å². The highest BCUT2D eigenvalue weighted by atomic mass is 19.3. The molecule has 150 valence electrons. The lowest BCUT2D eigenvalue weighted by molar-refractivity contribution is 0.0549. The summed E-state index contributed by atoms with van der Waals surface area (Å²) in [6.07, 6.45) is -3.11. The minimum absolute atomic E-state index is 0.0670. The van der Waals surface area contributed by atoms with Crippen LogP contribution in [0.25, 0.3) is 16.9 Å². The molecule has 0 aliphatic heterocycles. The number of carbonyl (C=O) groups excluding carboxylic acids is 2. The van der Waals surface area contributed by atoms with Gasteiger partial charge in [-0.3, -0.25) is 0 Å². The van der Waals surface area contributed by atoms with Gasteiger partial charge in [0, 0.05) is 12.0 Å². The Hall–Kier alpha value is -3.55. The van der Waals surface area contributed by atoms with Gasteiger partial charge in [-0.2, -0.15) is 5.10 Å². The zero-order valence-electron chi connectivity index (χ0n) is 15.8. The Morgan fingerprint density at radius 2 is 1.59 bits per heavy atom. The van der Waals surface area contributed by atoms with Crippen molar-refractivity contribution >= 4 is 11.9 Å². The second-order valence-electron chi connectivity index (χ2n) is 6.06. The van der Waals surface area contributed by atoms with Gasteiger partial charge in [-0.05, 0) is 17.7 Å². The minimum Gasteiger partial charge on any atom is -0.465 e. The molecule has 1 heterocycles. The minimum atomic E-state index is -2.59. The second kappa shape index (κ2) is 8.64. The van der Waals surface area contributed by atoms with Gasteiger partial charge in [-0.15, -0.1) is 0 Å². The van der Waals surface area contributed by atoms with Crippen LogP contribution in [0.5, 0.6) is 0 Å². The van der Waals surface area contributed by atoms with Crippen LogP contribution in [-0.4, -0.2) is 42.4 Å². The van der Waals surface area contributed by atoms with Crippen molar-refractivity contribution < 1.29 is 27.8 Å². The number of methoxy groups -OCH3 is 2. The zero-order valence-corrected chi connectivity index (χ0v) is 15.8. The van der Waals surface area contributed by atoms with E-state index in [0.717, 1.165) is 7.11 Å². The fourth-order valence-electron chi connectivity index (χ4n) is 3.04. The third kappa shape index (κ3) is 4.01. The third-order valence-electron chi connectivity index (χ3n) is 4.30. The molecule has 0 bridgehead atoms. The number of hydrogen-bond donors (Lipinski definition) is 0. The Morgan fingerprint density at radius 1 is 0.966 bits per heavy atom. The third-order valence-corrected chi connectivity index (χ3v) is 4.30. The highest BCUT2D eigenvalue weighted by molar-refractivity contribution is 6.07. The summed E-state index contributed by atoms with van der Waals surface area (Å²) in [5, 5.41) is 4.43. The molecule has 29 heavy (non-hydrogen) atoms. The van der Waals surface area contributed by atoms with Gasteiger partial charge in [0.05, 0.1) is 19.9 Å². The Balaban J connectivity index is 2.35. The van der Waals surface area contributed by atoms with E-state index in [1.807, 2.05) is 0 Å². The fraction of sp³-hybridized carbons (Fsp3) is 0.190. The SMILES string of the molecule is COC(=O)c1c(-c2ccccc2CC(F)F)nn(-c2ccccc2)c1C(=O)OC. The van der Waals surface area contributed by atoms with Gasteiger partial charge >= 0.3 is 11.9 Å². The van der Waals surface area contributed by atoms with E-state index in [9.17, 15) is 18.4 Å². The lowest BCUT2D eigenvalue weighted by Crippen LogP contribution is -2.15. The van der Waals surface area contributed by atoms with Crippen molar-refractivity contribution in [1.29, 1.82) is 0 Å². The Labute approximate surface area is 165 Å². The molecule has 0 aliphatic rings. The summed E-state index contributed by atoms with van der Waals surface area (Å²) in [6, 6.07) is 15.0. The normalized spacial score (nSPS) is 10.8. The van der Waals surface area contributed by atoms with Crippen LogP contribution in [0.1, 0.15) is 26.4 Å². The molecule has 0 unspecified atom stereocenters. The van der Waals surface area contributed by atoms with Gasteiger partial charge in [0.15, 0.2) is 5.69 Å². The monoisotopic (exact) mass is 400 g/mol. The summed E-state index contributed by atoms with van der Waals surface area (Å²) in [5.41, 5.74) is 0.875. The number of carbonyl (C=O) groups is 2. The molecule has 6 nitrogen and oxygen atoms in total. The molecular formula is C21H18F2N2O4. The predicted octanol–water partition coefficient (Wildman–Crippen LogP) is 3.92. The van der Waals surface area contributed by atoms with Gasteiger partial charge in [-0.1, -0.05) is 42.5 Å². The molecular weight excluding hydrogens is 382 g/mol. The topological polar surface area (TPSA) is 70.4 Å². The number of halogens is 2. The first-order valence-corrected chi connectivity index (χ1v) is 8.69. The van der Waals surface area contributed by atoms with Crippen molar-refractivity contribution in [3.63, 3.8) is 0 Å². The summed E-state index contributed by atoms with van der Waals surface area (Å²) in [7, 11) is 2.34. The number of rotatable bonds is 6. The van der Waals surface area contributed by atoms with E-state index < -0.39 is 24.8 Å². The van der Waals surface area contributed by atoms with Gasteiger partial charge < -0.3 is 9.47 Å². The number of alkyl halides is 2. The van der Waals surface area contributed by atoms with Crippen LogP contribution >= 0.6 is 0 Å². The smallest absolute Gasteiger partial charge is 0.357 e. The predicted molar refractivity (Wildman–Crippen MR) is 101 cm³/mol. The molecule has 3 aromatic rings. The largest absolute Gasteiger partial charge is 0.465 e. The molecule has 2 aromatic carbocycles. The molecule has 8 heteroatoms. The first-order valence-electron chi connectivity index (χ1n) is 8.69. The maximum Gasteiger partial charge on any atom is 0.357 e. The summed E-state index contributed by atoms with van der Waals surface area (Å²) < 4.78 is 37.1. The summed E-state index contributed by atoms with van der Waals surface area (Å²) in [6.45, 7) is 0. The van der Waals surface area contributed by atoms with E-state index in [0.29, 0.717) is 16.8 Å². The van der Waals surface area contributed by atoms with Crippen LogP contribution in [0.3, 0.4) is 0 Å². The molecule has 0 saturated heterocycles. The number of esters is 2.